The van der Waals surface area contributed by atoms with Crippen LogP contribution >= 0.6 is 0 Å². The van der Waals surface area contributed by atoms with Crippen LogP contribution in [0.1, 0.15) is 10.4 Å². The van der Waals surface area contributed by atoms with Crippen LogP contribution in [0.15, 0.2) is 104 Å². The van der Waals surface area contributed by atoms with E-state index in [9.17, 15) is 28.0 Å². The number of anilines is 1. The van der Waals surface area contributed by atoms with Crippen molar-refractivity contribution in [1.29, 1.82) is 0 Å². The van der Waals surface area contributed by atoms with Gasteiger partial charge in [-0.2, -0.15) is 13.5 Å². The first-order valence-electron chi connectivity index (χ1n) is 11.4. The standard InChI is InChI=1S/C27H19N5O7S.2Na/c28-15-9-8-14-12-23(40(37,38)39)24(26(34)19(14)13-15)32-30-21-11-10-20(16-4-1-2-5-17(16)21)29-31-22-7-3-6-18(25(22)33)27(35)36;;/h1-13,33-34H,28H2,(H,35,36)(H,37,38,39);;/q;2*+1/p-2. The zero-order valence-corrected chi connectivity index (χ0v) is 27.0. The van der Waals surface area contributed by atoms with E-state index in [-0.39, 0.29) is 86.9 Å². The van der Waals surface area contributed by atoms with Gasteiger partial charge in [0.25, 0.3) is 10.1 Å². The van der Waals surface area contributed by atoms with Crippen LogP contribution in [0, 0.1) is 0 Å². The van der Waals surface area contributed by atoms with Crippen molar-refractivity contribution < 1.29 is 92.2 Å². The number of aromatic carboxylic acids is 1. The number of azo groups is 2. The maximum absolute atomic E-state index is 13.1. The summed E-state index contributed by atoms with van der Waals surface area (Å²) in [5, 5.41) is 52.1. The van der Waals surface area contributed by atoms with Crippen LogP contribution in [0.3, 0.4) is 0 Å². The largest absolute Gasteiger partial charge is 1.00 e. The summed E-state index contributed by atoms with van der Waals surface area (Å²) in [6.45, 7) is 0. The van der Waals surface area contributed by atoms with Gasteiger partial charge < -0.3 is 21.1 Å². The van der Waals surface area contributed by atoms with Crippen molar-refractivity contribution in [2.24, 2.45) is 20.5 Å². The van der Waals surface area contributed by atoms with Crippen molar-refractivity contribution in [3.8, 4) is 11.5 Å². The van der Waals surface area contributed by atoms with Gasteiger partial charge in [-0.3, -0.25) is 4.55 Å². The Balaban J connectivity index is 0.00000242. The van der Waals surface area contributed by atoms with Crippen molar-refractivity contribution in [2.45, 2.75) is 4.90 Å². The molecule has 0 saturated heterocycles. The molecule has 0 aliphatic rings. The molecule has 200 valence electrons. The van der Waals surface area contributed by atoms with E-state index in [1.165, 1.54) is 48.5 Å². The Morgan fingerprint density at radius 3 is 1.90 bits per heavy atom. The van der Waals surface area contributed by atoms with Crippen LogP contribution in [0.5, 0.6) is 11.5 Å². The number of benzene rings is 5. The Morgan fingerprint density at radius 1 is 0.714 bits per heavy atom. The number of carbonyl (C=O) groups is 1. The van der Waals surface area contributed by atoms with E-state index in [2.05, 4.69) is 20.5 Å². The summed E-state index contributed by atoms with van der Waals surface area (Å²) in [6.07, 6.45) is 0. The summed E-state index contributed by atoms with van der Waals surface area (Å²) in [6, 6.07) is 19.1. The number of carboxylic acids is 1. The second kappa shape index (κ2) is 13.3. The normalized spacial score (nSPS) is 11.5. The second-order valence-corrected chi connectivity index (χ2v) is 9.91. The molecule has 0 heterocycles. The van der Waals surface area contributed by atoms with Crippen LogP contribution in [0.4, 0.5) is 28.4 Å². The van der Waals surface area contributed by atoms with E-state index in [0.717, 1.165) is 6.07 Å². The maximum atomic E-state index is 13.1. The number of hydrogen-bond acceptors (Lipinski definition) is 10. The topological polar surface area (TPSA) is 213 Å². The number of rotatable bonds is 6. The number of hydrogen-bond donors (Lipinski definition) is 3. The fourth-order valence-electron chi connectivity index (χ4n) is 4.06. The van der Waals surface area contributed by atoms with E-state index >= 15 is 0 Å². The number of para-hydroxylation sites is 1. The summed E-state index contributed by atoms with van der Waals surface area (Å²) in [7, 11) is -4.83. The minimum absolute atomic E-state index is 0. The molecule has 5 rings (SSSR count). The van der Waals surface area contributed by atoms with Crippen molar-refractivity contribution in [3.63, 3.8) is 0 Å². The van der Waals surface area contributed by atoms with E-state index in [1.807, 2.05) is 0 Å². The fourth-order valence-corrected chi connectivity index (χ4v) is 4.72. The predicted octanol–water partition coefficient (Wildman–Crippen LogP) is -0.494. The minimum Gasteiger partial charge on any atom is -0.871 e. The Bertz CT molecular complexity index is 2020. The first-order chi connectivity index (χ1) is 19.0. The third-order valence-corrected chi connectivity index (χ3v) is 6.83. The van der Waals surface area contributed by atoms with Crippen LogP contribution < -0.4 is 75.1 Å². The number of nitrogens with two attached hydrogens (primary N) is 1. The smallest absolute Gasteiger partial charge is 0.871 e. The van der Waals surface area contributed by atoms with Gasteiger partial charge in [-0.1, -0.05) is 47.9 Å². The summed E-state index contributed by atoms with van der Waals surface area (Å²) in [5.74, 6) is -2.95. The third kappa shape index (κ3) is 6.64. The molecule has 0 aliphatic carbocycles. The Hall–Kier alpha value is -3.40. The molecule has 5 aromatic rings. The molecule has 0 unspecified atom stereocenters. The second-order valence-electron chi connectivity index (χ2n) is 8.52. The molecule has 42 heavy (non-hydrogen) atoms. The van der Waals surface area contributed by atoms with Gasteiger partial charge in [-0.25, -0.2) is 4.79 Å². The molecular formula is C27H17N5Na2O7S. The molecule has 0 aliphatic heterocycles. The molecule has 0 saturated carbocycles. The molecule has 0 atom stereocenters. The van der Waals surface area contributed by atoms with Crippen molar-refractivity contribution in [3.05, 3.63) is 84.4 Å². The van der Waals surface area contributed by atoms with Crippen molar-refractivity contribution >= 4 is 66.1 Å². The van der Waals surface area contributed by atoms with Gasteiger partial charge in [0, 0.05) is 16.5 Å². The predicted molar refractivity (Wildman–Crippen MR) is 143 cm³/mol. The van der Waals surface area contributed by atoms with Gasteiger partial charge in [0.1, 0.15) is 4.90 Å². The average Bonchev–Trinajstić information content (AvgIpc) is 2.92. The average molecular weight is 602 g/mol. The molecule has 15 heteroatoms. The van der Waals surface area contributed by atoms with Gasteiger partial charge in [0.15, 0.2) is 0 Å². The number of nitrogen functional groups attached to an aromatic ring is 1. The summed E-state index contributed by atoms with van der Waals surface area (Å²) >= 11 is 0. The van der Waals surface area contributed by atoms with Crippen LogP contribution in [0.2, 0.25) is 0 Å². The zero-order chi connectivity index (χ0) is 28.6. The molecule has 0 aromatic heterocycles. The summed E-state index contributed by atoms with van der Waals surface area (Å²) < 4.78 is 33.9. The zero-order valence-electron chi connectivity index (χ0n) is 22.2. The monoisotopic (exact) mass is 601 g/mol. The van der Waals surface area contributed by atoms with Gasteiger partial charge in [-0.15, -0.1) is 15.3 Å². The van der Waals surface area contributed by atoms with Crippen molar-refractivity contribution in [1.82, 2.24) is 0 Å². The Kier molecular flexibility index (Phi) is 10.5. The molecule has 5 aromatic carbocycles. The van der Waals surface area contributed by atoms with Crippen molar-refractivity contribution in [2.75, 3.05) is 5.73 Å². The molecule has 0 amide bonds. The van der Waals surface area contributed by atoms with Gasteiger partial charge in [0.2, 0.25) is 0 Å². The minimum atomic E-state index is -4.83. The summed E-state index contributed by atoms with van der Waals surface area (Å²) in [5.41, 5.74) is 5.43. The molecule has 0 bridgehead atoms. The van der Waals surface area contributed by atoms with Gasteiger partial charge >= 0.3 is 65.1 Å². The molecule has 0 radical (unpaired) electrons. The van der Waals surface area contributed by atoms with Gasteiger partial charge in [0.05, 0.1) is 28.3 Å². The van der Waals surface area contributed by atoms with Crippen LogP contribution in [-0.4, -0.2) is 24.0 Å². The van der Waals surface area contributed by atoms with E-state index in [0.29, 0.717) is 16.5 Å². The van der Waals surface area contributed by atoms with Crippen LogP contribution in [-0.2, 0) is 10.1 Å². The number of fused-ring (bicyclic) bond motifs is 2. The van der Waals surface area contributed by atoms with Gasteiger partial charge in [-0.05, 0) is 53.2 Å². The quantitative estimate of drug-likeness (QED) is 0.0997. The Labute approximate surface area is 283 Å². The maximum Gasteiger partial charge on any atom is 1.00 e. The molecule has 12 nitrogen and oxygen atoms in total. The molecular weight excluding hydrogens is 584 g/mol. The van der Waals surface area contributed by atoms with Crippen LogP contribution in [0.25, 0.3) is 21.5 Å². The molecule has 0 fully saturated rings. The number of nitrogens with zero attached hydrogens (tertiary/aromatic N) is 4. The first kappa shape index (κ1) is 33.1. The van der Waals surface area contributed by atoms with E-state index in [4.69, 9.17) is 10.8 Å². The Morgan fingerprint density at radius 2 is 1.31 bits per heavy atom. The fraction of sp³-hybridized carbons (Fsp3) is 0. The molecule has 4 N–H and O–H groups in total. The van der Waals surface area contributed by atoms with E-state index in [1.54, 1.807) is 24.3 Å². The first-order valence-corrected chi connectivity index (χ1v) is 12.9. The SMILES string of the molecule is Nc1ccc2cc(S(=O)(=O)O)c(N=Nc3ccc(N=Nc4cccc(C(=O)O)c4[O-])c4ccccc34)c([O-])c2c1.[Na+].[Na+]. The van der Waals surface area contributed by atoms with E-state index < -0.39 is 43.7 Å². The number of carboxylic acid groups (broad SMARTS) is 1. The summed E-state index contributed by atoms with van der Waals surface area (Å²) in [4.78, 5) is 10.5. The third-order valence-electron chi connectivity index (χ3n) is 5.96. The molecule has 0 spiro atoms.